The van der Waals surface area contributed by atoms with E-state index in [1.165, 1.54) is 10.7 Å². The van der Waals surface area contributed by atoms with E-state index in [2.05, 4.69) is 37.8 Å². The molecule has 120 valence electrons. The van der Waals surface area contributed by atoms with Crippen LogP contribution < -0.4 is 5.56 Å². The normalized spacial score (nSPS) is 11.6. The molecule has 0 bridgehead atoms. The van der Waals surface area contributed by atoms with Gasteiger partial charge in [0.05, 0.1) is 11.3 Å². The SMILES string of the molecule is Cc1nn2cc[nH]c(=O)c2c1C(=O)N(CC(C)C)CC(C)C. The molecular formula is C16H24N4O2. The van der Waals surface area contributed by atoms with Gasteiger partial charge in [-0.25, -0.2) is 4.52 Å². The van der Waals surface area contributed by atoms with E-state index >= 15 is 0 Å². The smallest absolute Gasteiger partial charge is 0.274 e. The van der Waals surface area contributed by atoms with Crippen molar-refractivity contribution in [2.45, 2.75) is 34.6 Å². The zero-order valence-corrected chi connectivity index (χ0v) is 13.9. The minimum atomic E-state index is -0.291. The minimum Gasteiger partial charge on any atom is -0.338 e. The molecule has 0 radical (unpaired) electrons. The van der Waals surface area contributed by atoms with Gasteiger partial charge in [0.25, 0.3) is 11.5 Å². The van der Waals surface area contributed by atoms with Crippen LogP contribution in [-0.2, 0) is 0 Å². The van der Waals surface area contributed by atoms with Gasteiger partial charge in [-0.2, -0.15) is 5.10 Å². The topological polar surface area (TPSA) is 70.5 Å². The Hall–Kier alpha value is -2.11. The highest BCUT2D eigenvalue weighted by molar-refractivity contribution is 6.01. The fraction of sp³-hybridized carbons (Fsp3) is 0.562. The van der Waals surface area contributed by atoms with E-state index < -0.39 is 0 Å². The number of aromatic amines is 1. The van der Waals surface area contributed by atoms with Crippen molar-refractivity contribution in [1.29, 1.82) is 0 Å². The fourth-order valence-corrected chi connectivity index (χ4v) is 2.66. The number of carbonyl (C=O) groups is 1. The molecule has 2 aromatic heterocycles. The Bertz CT molecular complexity index is 717. The average Bonchev–Trinajstić information content (AvgIpc) is 2.73. The van der Waals surface area contributed by atoms with Crippen LogP contribution in [0.2, 0.25) is 0 Å². The van der Waals surface area contributed by atoms with Gasteiger partial charge >= 0.3 is 0 Å². The molecule has 0 aliphatic rings. The lowest BCUT2D eigenvalue weighted by molar-refractivity contribution is 0.0716. The highest BCUT2D eigenvalue weighted by atomic mass is 16.2. The second kappa shape index (κ2) is 6.34. The van der Waals surface area contributed by atoms with Crippen molar-refractivity contribution in [2.24, 2.45) is 11.8 Å². The van der Waals surface area contributed by atoms with E-state index in [-0.39, 0.29) is 11.5 Å². The number of nitrogens with one attached hydrogen (secondary N) is 1. The van der Waals surface area contributed by atoms with Crippen molar-refractivity contribution in [3.63, 3.8) is 0 Å². The van der Waals surface area contributed by atoms with E-state index in [0.717, 1.165) is 0 Å². The lowest BCUT2D eigenvalue weighted by Gasteiger charge is -2.26. The number of amides is 1. The lowest BCUT2D eigenvalue weighted by atomic mass is 10.1. The summed E-state index contributed by atoms with van der Waals surface area (Å²) >= 11 is 0. The molecule has 22 heavy (non-hydrogen) atoms. The third kappa shape index (κ3) is 3.21. The third-order valence-electron chi connectivity index (χ3n) is 3.40. The highest BCUT2D eigenvalue weighted by Gasteiger charge is 2.25. The van der Waals surface area contributed by atoms with Crippen LogP contribution in [0.3, 0.4) is 0 Å². The highest BCUT2D eigenvalue weighted by Crippen LogP contribution is 2.16. The van der Waals surface area contributed by atoms with Crippen molar-refractivity contribution < 1.29 is 4.79 Å². The Balaban J connectivity index is 2.50. The van der Waals surface area contributed by atoms with Crippen LogP contribution in [0.5, 0.6) is 0 Å². The molecule has 6 heteroatoms. The number of hydrogen-bond acceptors (Lipinski definition) is 3. The molecule has 0 aromatic carbocycles. The number of fused-ring (bicyclic) bond motifs is 1. The van der Waals surface area contributed by atoms with Crippen LogP contribution in [0.25, 0.3) is 5.52 Å². The second-order valence-electron chi connectivity index (χ2n) is 6.54. The number of H-pyrrole nitrogens is 1. The molecule has 2 aromatic rings. The Morgan fingerprint density at radius 2 is 1.86 bits per heavy atom. The zero-order valence-electron chi connectivity index (χ0n) is 13.9. The van der Waals surface area contributed by atoms with Crippen LogP contribution in [-0.4, -0.2) is 38.5 Å². The first-order chi connectivity index (χ1) is 10.3. The summed E-state index contributed by atoms with van der Waals surface area (Å²) in [5.74, 6) is 0.609. The summed E-state index contributed by atoms with van der Waals surface area (Å²) in [4.78, 5) is 29.5. The number of carbonyl (C=O) groups excluding carboxylic acids is 1. The summed E-state index contributed by atoms with van der Waals surface area (Å²) in [7, 11) is 0. The number of nitrogens with zero attached hydrogens (tertiary/aromatic N) is 3. The summed E-state index contributed by atoms with van der Waals surface area (Å²) in [5, 5.41) is 4.28. The van der Waals surface area contributed by atoms with Crippen LogP contribution >= 0.6 is 0 Å². The van der Waals surface area contributed by atoms with E-state index in [1.807, 2.05) is 4.90 Å². The van der Waals surface area contributed by atoms with Gasteiger partial charge in [-0.05, 0) is 18.8 Å². The first kappa shape index (κ1) is 16.3. The van der Waals surface area contributed by atoms with E-state index in [1.54, 1.807) is 13.1 Å². The molecule has 0 unspecified atom stereocenters. The molecule has 0 spiro atoms. The Morgan fingerprint density at radius 3 is 2.41 bits per heavy atom. The van der Waals surface area contributed by atoms with Gasteiger partial charge < -0.3 is 9.88 Å². The lowest BCUT2D eigenvalue weighted by Crippen LogP contribution is -2.37. The maximum absolute atomic E-state index is 13.0. The van der Waals surface area contributed by atoms with Crippen molar-refractivity contribution in [3.8, 4) is 0 Å². The second-order valence-corrected chi connectivity index (χ2v) is 6.54. The quantitative estimate of drug-likeness (QED) is 0.919. The summed E-state index contributed by atoms with van der Waals surface area (Å²) in [5.41, 5.74) is 1.02. The fourth-order valence-electron chi connectivity index (χ4n) is 2.66. The van der Waals surface area contributed by atoms with Gasteiger partial charge in [0.2, 0.25) is 0 Å². The zero-order chi connectivity index (χ0) is 16.4. The van der Waals surface area contributed by atoms with Crippen LogP contribution in [0, 0.1) is 18.8 Å². The number of aryl methyl sites for hydroxylation is 1. The van der Waals surface area contributed by atoms with Crippen molar-refractivity contribution in [2.75, 3.05) is 13.1 Å². The largest absolute Gasteiger partial charge is 0.338 e. The molecule has 0 aliphatic carbocycles. The van der Waals surface area contributed by atoms with Gasteiger partial charge in [0.15, 0.2) is 0 Å². The molecule has 0 saturated carbocycles. The van der Waals surface area contributed by atoms with Gasteiger partial charge in [-0.3, -0.25) is 9.59 Å². The molecule has 1 amide bonds. The Kier molecular flexibility index (Phi) is 4.68. The van der Waals surface area contributed by atoms with E-state index in [4.69, 9.17) is 0 Å². The Labute approximate surface area is 130 Å². The summed E-state index contributed by atoms with van der Waals surface area (Å²) in [6.45, 7) is 11.4. The third-order valence-corrected chi connectivity index (χ3v) is 3.40. The average molecular weight is 304 g/mol. The molecule has 2 heterocycles. The van der Waals surface area contributed by atoms with Crippen molar-refractivity contribution in [3.05, 3.63) is 34.0 Å². The summed E-state index contributed by atoms with van der Waals surface area (Å²) < 4.78 is 1.48. The van der Waals surface area contributed by atoms with Crippen molar-refractivity contribution >= 4 is 11.4 Å². The number of hydrogen-bond donors (Lipinski definition) is 1. The molecular weight excluding hydrogens is 280 g/mol. The maximum atomic E-state index is 13.0. The first-order valence-corrected chi connectivity index (χ1v) is 7.67. The number of aromatic nitrogens is 3. The molecule has 0 saturated heterocycles. The monoisotopic (exact) mass is 304 g/mol. The van der Waals surface area contributed by atoms with Gasteiger partial charge in [0, 0.05) is 25.5 Å². The van der Waals surface area contributed by atoms with Crippen LogP contribution in [0.4, 0.5) is 0 Å². The standard InChI is InChI=1S/C16H24N4O2/c1-10(2)8-19(9-11(3)4)16(22)13-12(5)18-20-7-6-17-15(21)14(13)20/h6-7,10-11H,8-9H2,1-5H3,(H,17,21). The summed E-state index contributed by atoms with van der Waals surface area (Å²) in [6.07, 6.45) is 3.17. The minimum absolute atomic E-state index is 0.119. The summed E-state index contributed by atoms with van der Waals surface area (Å²) in [6, 6.07) is 0. The molecule has 0 atom stereocenters. The maximum Gasteiger partial charge on any atom is 0.274 e. The number of rotatable bonds is 5. The van der Waals surface area contributed by atoms with E-state index in [0.29, 0.717) is 41.7 Å². The predicted octanol–water partition coefficient (Wildman–Crippen LogP) is 2.09. The van der Waals surface area contributed by atoms with Gasteiger partial charge in [-0.1, -0.05) is 27.7 Å². The van der Waals surface area contributed by atoms with Crippen LogP contribution in [0.15, 0.2) is 17.2 Å². The Morgan fingerprint density at radius 1 is 1.27 bits per heavy atom. The molecule has 1 N–H and O–H groups in total. The van der Waals surface area contributed by atoms with Crippen LogP contribution in [0.1, 0.15) is 43.7 Å². The molecule has 0 fully saturated rings. The van der Waals surface area contributed by atoms with Gasteiger partial charge in [0.1, 0.15) is 5.52 Å². The predicted molar refractivity (Wildman–Crippen MR) is 86.1 cm³/mol. The van der Waals surface area contributed by atoms with Crippen molar-refractivity contribution in [1.82, 2.24) is 19.5 Å². The first-order valence-electron chi connectivity index (χ1n) is 7.67. The van der Waals surface area contributed by atoms with E-state index in [9.17, 15) is 9.59 Å². The molecule has 2 rings (SSSR count). The molecule has 0 aliphatic heterocycles. The molecule has 6 nitrogen and oxygen atoms in total. The van der Waals surface area contributed by atoms with Gasteiger partial charge in [-0.15, -0.1) is 0 Å².